The predicted molar refractivity (Wildman–Crippen MR) is 58.6 cm³/mol. The number of amides is 1. The lowest BCUT2D eigenvalue weighted by Crippen LogP contribution is -2.58. The van der Waals surface area contributed by atoms with Crippen LogP contribution in [-0.4, -0.2) is 16.6 Å². The summed E-state index contributed by atoms with van der Waals surface area (Å²) in [4.78, 5) is 11.8. The molecule has 1 saturated carbocycles. The average Bonchev–Trinajstić information content (AvgIpc) is 2.52. The van der Waals surface area contributed by atoms with Crippen molar-refractivity contribution < 1.29 is 9.32 Å². The Morgan fingerprint density at radius 1 is 1.56 bits per heavy atom. The maximum absolute atomic E-state index is 11.8. The van der Waals surface area contributed by atoms with Gasteiger partial charge in [0.25, 0.3) is 0 Å². The van der Waals surface area contributed by atoms with Crippen molar-refractivity contribution >= 4 is 5.91 Å². The van der Waals surface area contributed by atoms with Crippen molar-refractivity contribution in [1.29, 1.82) is 0 Å². The first-order chi connectivity index (χ1) is 7.53. The molecule has 0 atom stereocenters. The minimum Gasteiger partial charge on any atom is -0.361 e. The highest BCUT2D eigenvalue weighted by Crippen LogP contribution is 2.29. The number of rotatable bonds is 3. The lowest BCUT2D eigenvalue weighted by molar-refractivity contribution is -0.129. The maximum Gasteiger partial charge on any atom is 0.240 e. The van der Waals surface area contributed by atoms with Gasteiger partial charge in [0.05, 0.1) is 11.2 Å². The molecule has 1 aliphatic rings. The Morgan fingerprint density at radius 2 is 2.25 bits per heavy atom. The molecule has 1 heterocycles. The summed E-state index contributed by atoms with van der Waals surface area (Å²) in [6.45, 7) is 4.14. The van der Waals surface area contributed by atoms with Crippen LogP contribution in [0, 0.1) is 13.8 Å². The van der Waals surface area contributed by atoms with Crippen molar-refractivity contribution in [3.63, 3.8) is 0 Å². The van der Waals surface area contributed by atoms with E-state index in [0.29, 0.717) is 6.54 Å². The molecule has 1 aromatic rings. The van der Waals surface area contributed by atoms with Crippen molar-refractivity contribution in [2.75, 3.05) is 0 Å². The second kappa shape index (κ2) is 3.90. The first-order valence-corrected chi connectivity index (χ1v) is 5.52. The van der Waals surface area contributed by atoms with E-state index >= 15 is 0 Å². The van der Waals surface area contributed by atoms with Gasteiger partial charge in [0.1, 0.15) is 5.76 Å². The summed E-state index contributed by atoms with van der Waals surface area (Å²) in [5, 5.41) is 6.68. The lowest BCUT2D eigenvalue weighted by Gasteiger charge is -2.36. The Labute approximate surface area is 94.4 Å². The van der Waals surface area contributed by atoms with Gasteiger partial charge in [-0.3, -0.25) is 4.79 Å². The van der Waals surface area contributed by atoms with Crippen molar-refractivity contribution in [3.05, 3.63) is 17.0 Å². The van der Waals surface area contributed by atoms with E-state index in [2.05, 4.69) is 10.5 Å². The number of nitrogens with two attached hydrogens (primary N) is 1. The van der Waals surface area contributed by atoms with Gasteiger partial charge in [-0.25, -0.2) is 0 Å². The van der Waals surface area contributed by atoms with Crippen molar-refractivity contribution in [2.24, 2.45) is 5.73 Å². The summed E-state index contributed by atoms with van der Waals surface area (Å²) in [5.74, 6) is 0.677. The van der Waals surface area contributed by atoms with Crippen LogP contribution in [0.1, 0.15) is 36.3 Å². The second-order valence-corrected chi connectivity index (χ2v) is 4.50. The van der Waals surface area contributed by atoms with E-state index in [-0.39, 0.29) is 5.91 Å². The summed E-state index contributed by atoms with van der Waals surface area (Å²) in [7, 11) is 0. The molecule has 0 aromatic carbocycles. The van der Waals surface area contributed by atoms with E-state index in [1.807, 2.05) is 13.8 Å². The molecule has 16 heavy (non-hydrogen) atoms. The Balaban J connectivity index is 1.95. The Kier molecular flexibility index (Phi) is 2.71. The fourth-order valence-electron chi connectivity index (χ4n) is 1.88. The molecule has 0 unspecified atom stereocenters. The molecule has 0 bridgehead atoms. The predicted octanol–water partition coefficient (Wildman–Crippen LogP) is 0.789. The van der Waals surface area contributed by atoms with Crippen LogP contribution in [-0.2, 0) is 11.3 Å². The topological polar surface area (TPSA) is 81.2 Å². The molecule has 88 valence electrons. The zero-order valence-electron chi connectivity index (χ0n) is 9.67. The quantitative estimate of drug-likeness (QED) is 0.793. The summed E-state index contributed by atoms with van der Waals surface area (Å²) < 4.78 is 5.02. The Morgan fingerprint density at radius 3 is 2.69 bits per heavy atom. The van der Waals surface area contributed by atoms with Gasteiger partial charge in [-0.1, -0.05) is 5.16 Å². The van der Waals surface area contributed by atoms with Crippen molar-refractivity contribution in [2.45, 2.75) is 45.2 Å². The zero-order chi connectivity index (χ0) is 11.8. The van der Waals surface area contributed by atoms with Crippen LogP contribution in [0.15, 0.2) is 4.52 Å². The van der Waals surface area contributed by atoms with Gasteiger partial charge in [0.2, 0.25) is 5.91 Å². The number of nitrogens with zero attached hydrogens (tertiary/aromatic N) is 1. The van der Waals surface area contributed by atoms with E-state index in [0.717, 1.165) is 36.3 Å². The maximum atomic E-state index is 11.8. The minimum atomic E-state index is -0.640. The number of hydrogen-bond donors (Lipinski definition) is 2. The van der Waals surface area contributed by atoms with Crippen molar-refractivity contribution in [1.82, 2.24) is 10.5 Å². The van der Waals surface area contributed by atoms with E-state index in [4.69, 9.17) is 10.3 Å². The Bertz CT molecular complexity index is 388. The van der Waals surface area contributed by atoms with E-state index in [1.54, 1.807) is 0 Å². The highest BCUT2D eigenvalue weighted by Gasteiger charge is 2.39. The molecule has 0 saturated heterocycles. The standard InChI is InChI=1S/C11H17N3O2/c1-7-9(8(2)16-14-7)6-13-10(15)11(12)4-3-5-11/h3-6,12H2,1-2H3,(H,13,15). The average molecular weight is 223 g/mol. The molecule has 1 amide bonds. The highest BCUT2D eigenvalue weighted by atomic mass is 16.5. The van der Waals surface area contributed by atoms with Crippen LogP contribution in [0.4, 0.5) is 0 Å². The highest BCUT2D eigenvalue weighted by molar-refractivity contribution is 5.86. The van der Waals surface area contributed by atoms with Gasteiger partial charge in [-0.2, -0.15) is 0 Å². The molecule has 3 N–H and O–H groups in total. The first kappa shape index (κ1) is 11.1. The molecule has 1 aliphatic carbocycles. The smallest absolute Gasteiger partial charge is 0.240 e. The number of carbonyl (C=O) groups is 1. The SMILES string of the molecule is Cc1noc(C)c1CNC(=O)C1(N)CCC1. The molecule has 0 aliphatic heterocycles. The van der Waals surface area contributed by atoms with E-state index < -0.39 is 5.54 Å². The summed E-state index contributed by atoms with van der Waals surface area (Å²) in [6.07, 6.45) is 2.59. The molecular formula is C11H17N3O2. The molecule has 2 rings (SSSR count). The monoisotopic (exact) mass is 223 g/mol. The van der Waals surface area contributed by atoms with Gasteiger partial charge >= 0.3 is 0 Å². The fraction of sp³-hybridized carbons (Fsp3) is 0.636. The largest absolute Gasteiger partial charge is 0.361 e. The molecule has 1 aromatic heterocycles. The van der Waals surface area contributed by atoms with E-state index in [9.17, 15) is 4.79 Å². The molecule has 0 spiro atoms. The van der Waals surface area contributed by atoms with E-state index in [1.165, 1.54) is 0 Å². The first-order valence-electron chi connectivity index (χ1n) is 5.52. The normalized spacial score (nSPS) is 17.9. The van der Waals surface area contributed by atoms with Gasteiger partial charge in [0, 0.05) is 12.1 Å². The lowest BCUT2D eigenvalue weighted by atomic mass is 9.77. The third kappa shape index (κ3) is 1.82. The Hall–Kier alpha value is -1.36. The van der Waals surface area contributed by atoms with Crippen LogP contribution in [0.25, 0.3) is 0 Å². The van der Waals surface area contributed by atoms with Gasteiger partial charge in [0.15, 0.2) is 0 Å². The molecule has 0 radical (unpaired) electrons. The fourth-order valence-corrected chi connectivity index (χ4v) is 1.88. The minimum absolute atomic E-state index is 0.0706. The second-order valence-electron chi connectivity index (χ2n) is 4.50. The number of aromatic nitrogens is 1. The van der Waals surface area contributed by atoms with Gasteiger partial charge in [-0.05, 0) is 33.1 Å². The number of nitrogens with one attached hydrogen (secondary N) is 1. The summed E-state index contributed by atoms with van der Waals surface area (Å²) in [5.41, 5.74) is 7.03. The van der Waals surface area contributed by atoms with Crippen LogP contribution in [0.2, 0.25) is 0 Å². The van der Waals surface area contributed by atoms with Gasteiger partial charge < -0.3 is 15.6 Å². The summed E-state index contributed by atoms with van der Waals surface area (Å²) in [6, 6.07) is 0. The zero-order valence-corrected chi connectivity index (χ0v) is 9.67. The number of aryl methyl sites for hydroxylation is 2. The molecule has 1 fully saturated rings. The number of carbonyl (C=O) groups excluding carboxylic acids is 1. The third-order valence-corrected chi connectivity index (χ3v) is 3.30. The summed E-state index contributed by atoms with van der Waals surface area (Å²) >= 11 is 0. The van der Waals surface area contributed by atoms with Gasteiger partial charge in [-0.15, -0.1) is 0 Å². The van der Waals surface area contributed by atoms with Crippen LogP contribution in [0.3, 0.4) is 0 Å². The molecule has 5 nitrogen and oxygen atoms in total. The van der Waals surface area contributed by atoms with Crippen LogP contribution >= 0.6 is 0 Å². The van der Waals surface area contributed by atoms with Crippen LogP contribution in [0.5, 0.6) is 0 Å². The molecule has 5 heteroatoms. The third-order valence-electron chi connectivity index (χ3n) is 3.30. The molecular weight excluding hydrogens is 206 g/mol. The number of hydrogen-bond acceptors (Lipinski definition) is 4. The van der Waals surface area contributed by atoms with Crippen molar-refractivity contribution in [3.8, 4) is 0 Å². The van der Waals surface area contributed by atoms with Crippen LogP contribution < -0.4 is 11.1 Å².